The first kappa shape index (κ1) is 20.4. The molecule has 1 heterocycles. The molecule has 4 rings (SSSR count). The summed E-state index contributed by atoms with van der Waals surface area (Å²) in [5, 5.41) is 3.57. The number of benzene rings is 1. The highest BCUT2D eigenvalue weighted by atomic mass is 35.5. The highest BCUT2D eigenvalue weighted by Crippen LogP contribution is 2.23. The maximum absolute atomic E-state index is 12.5. The summed E-state index contributed by atoms with van der Waals surface area (Å²) in [5.41, 5.74) is 3.13. The molecule has 2 aliphatic carbocycles. The van der Waals surface area contributed by atoms with Gasteiger partial charge in [-0.3, -0.25) is 9.59 Å². The smallest absolute Gasteiger partial charge is 0.312 e. The number of hydrogen-bond donors (Lipinski definition) is 1. The van der Waals surface area contributed by atoms with Gasteiger partial charge in [0.05, 0.1) is 5.71 Å². The molecule has 3 aliphatic rings. The lowest BCUT2D eigenvalue weighted by molar-refractivity contribution is -0.119. The average Bonchev–Trinajstić information content (AvgIpc) is 2.76. The van der Waals surface area contributed by atoms with Crippen LogP contribution in [0.3, 0.4) is 0 Å². The Morgan fingerprint density at radius 3 is 2.87 bits per heavy atom. The maximum atomic E-state index is 12.5. The van der Waals surface area contributed by atoms with Crippen LogP contribution in [0.4, 0.5) is 0 Å². The van der Waals surface area contributed by atoms with Gasteiger partial charge >= 0.3 is 5.91 Å². The van der Waals surface area contributed by atoms with E-state index >= 15 is 0 Å². The van der Waals surface area contributed by atoms with E-state index in [-0.39, 0.29) is 11.7 Å². The highest BCUT2D eigenvalue weighted by molar-refractivity contribution is 6.30. The van der Waals surface area contributed by atoms with Crippen molar-refractivity contribution in [3.8, 4) is 0 Å². The number of fused-ring (bicyclic) bond motifs is 1. The van der Waals surface area contributed by atoms with E-state index in [1.165, 1.54) is 18.4 Å². The van der Waals surface area contributed by atoms with E-state index in [4.69, 9.17) is 16.3 Å². The molecular formula is C24H23ClN2O3. The average molecular weight is 423 g/mol. The second-order valence-electron chi connectivity index (χ2n) is 7.51. The van der Waals surface area contributed by atoms with Crippen molar-refractivity contribution in [2.24, 2.45) is 4.99 Å². The van der Waals surface area contributed by atoms with Gasteiger partial charge < -0.3 is 10.1 Å². The van der Waals surface area contributed by atoms with E-state index in [2.05, 4.69) is 16.4 Å². The summed E-state index contributed by atoms with van der Waals surface area (Å²) in [7, 11) is 0. The molecule has 6 heteroatoms. The SMILES string of the molecule is O=C(NCCC1=CCCCC1)C1=CC2=NC(=O)/C(=C/c3ccc(Cl)cc3)OC2C=C1. The standard InChI is InChI=1S/C24H23ClN2O3/c25-19-9-6-17(7-10-19)14-22-24(29)27-20-15-18(8-11-21(20)30-22)23(28)26-13-12-16-4-2-1-3-5-16/h4,6-11,14-15,21H,1-3,5,12-13H2,(H,26,28)/b22-14-. The topological polar surface area (TPSA) is 67.8 Å². The Kier molecular flexibility index (Phi) is 6.29. The first-order chi connectivity index (χ1) is 14.6. The van der Waals surface area contributed by atoms with Gasteiger partial charge in [-0.1, -0.05) is 35.4 Å². The lowest BCUT2D eigenvalue weighted by Crippen LogP contribution is -2.33. The first-order valence-electron chi connectivity index (χ1n) is 10.2. The molecule has 1 aromatic carbocycles. The minimum Gasteiger partial charge on any atom is -0.474 e. The predicted molar refractivity (Wildman–Crippen MR) is 118 cm³/mol. The molecule has 2 amide bonds. The monoisotopic (exact) mass is 422 g/mol. The van der Waals surface area contributed by atoms with Crippen LogP contribution in [-0.2, 0) is 14.3 Å². The molecule has 0 spiro atoms. The third kappa shape index (κ3) is 4.97. The van der Waals surface area contributed by atoms with Crippen LogP contribution in [-0.4, -0.2) is 30.2 Å². The van der Waals surface area contributed by atoms with Crippen molar-refractivity contribution in [3.63, 3.8) is 0 Å². The number of nitrogens with zero attached hydrogens (tertiary/aromatic N) is 1. The largest absolute Gasteiger partial charge is 0.474 e. The summed E-state index contributed by atoms with van der Waals surface area (Å²) in [6.07, 6.45) is 14.2. The molecule has 5 nitrogen and oxygen atoms in total. The number of amides is 2. The minimum absolute atomic E-state index is 0.165. The van der Waals surface area contributed by atoms with E-state index in [0.29, 0.717) is 22.9 Å². The fraction of sp³-hybridized carbons (Fsp3) is 0.292. The molecule has 30 heavy (non-hydrogen) atoms. The van der Waals surface area contributed by atoms with Crippen molar-refractivity contribution in [3.05, 3.63) is 76.1 Å². The number of rotatable bonds is 5. The van der Waals surface area contributed by atoms with E-state index in [9.17, 15) is 9.59 Å². The van der Waals surface area contributed by atoms with Crippen LogP contribution < -0.4 is 5.32 Å². The van der Waals surface area contributed by atoms with Crippen LogP contribution >= 0.6 is 11.6 Å². The second kappa shape index (κ2) is 9.26. The number of carbonyl (C=O) groups is 2. The van der Waals surface area contributed by atoms with Crippen LogP contribution in [0.2, 0.25) is 5.02 Å². The molecule has 0 bridgehead atoms. The third-order valence-corrected chi connectivity index (χ3v) is 5.54. The lowest BCUT2D eigenvalue weighted by atomic mass is 9.97. The van der Waals surface area contributed by atoms with Crippen LogP contribution in [0.25, 0.3) is 6.08 Å². The summed E-state index contributed by atoms with van der Waals surface area (Å²) in [6, 6.07) is 7.09. The molecule has 0 aromatic heterocycles. The normalized spacial score (nSPS) is 21.9. The lowest BCUT2D eigenvalue weighted by Gasteiger charge is -2.24. The summed E-state index contributed by atoms with van der Waals surface area (Å²) in [4.78, 5) is 29.0. The van der Waals surface area contributed by atoms with Gasteiger partial charge in [0.2, 0.25) is 0 Å². The van der Waals surface area contributed by atoms with E-state index in [0.717, 1.165) is 24.8 Å². The van der Waals surface area contributed by atoms with Crippen LogP contribution in [0.1, 0.15) is 37.7 Å². The van der Waals surface area contributed by atoms with Crippen molar-refractivity contribution in [2.75, 3.05) is 6.54 Å². The number of hydrogen-bond acceptors (Lipinski definition) is 3. The highest BCUT2D eigenvalue weighted by Gasteiger charge is 2.28. The van der Waals surface area contributed by atoms with Crippen molar-refractivity contribution in [1.29, 1.82) is 0 Å². The number of carbonyl (C=O) groups excluding carboxylic acids is 2. The Morgan fingerprint density at radius 1 is 1.27 bits per heavy atom. The molecule has 1 N–H and O–H groups in total. The number of aliphatic imine (C=N–C) groups is 1. The van der Waals surface area contributed by atoms with Gasteiger partial charge in [-0.05, 0) is 74.1 Å². The van der Waals surface area contributed by atoms with E-state index in [1.54, 1.807) is 48.6 Å². The zero-order valence-electron chi connectivity index (χ0n) is 16.6. The van der Waals surface area contributed by atoms with Gasteiger partial charge in [-0.2, -0.15) is 0 Å². The number of halogens is 1. The zero-order valence-corrected chi connectivity index (χ0v) is 17.3. The molecule has 0 saturated heterocycles. The number of nitrogens with one attached hydrogen (secondary N) is 1. The molecule has 0 radical (unpaired) electrons. The van der Waals surface area contributed by atoms with Gasteiger partial charge in [0, 0.05) is 17.1 Å². The van der Waals surface area contributed by atoms with Crippen LogP contribution in [0.5, 0.6) is 0 Å². The number of ether oxygens (including phenoxy) is 1. The summed E-state index contributed by atoms with van der Waals surface area (Å²) in [5.74, 6) is -0.469. The summed E-state index contributed by atoms with van der Waals surface area (Å²) < 4.78 is 5.80. The Bertz CT molecular complexity index is 1000. The van der Waals surface area contributed by atoms with E-state index in [1.807, 2.05) is 0 Å². The van der Waals surface area contributed by atoms with Crippen LogP contribution in [0, 0.1) is 0 Å². The Labute approximate surface area is 180 Å². The predicted octanol–water partition coefficient (Wildman–Crippen LogP) is 4.55. The first-order valence-corrected chi connectivity index (χ1v) is 10.6. The Hall–Kier alpha value is -2.92. The molecular weight excluding hydrogens is 400 g/mol. The summed E-state index contributed by atoms with van der Waals surface area (Å²) >= 11 is 5.89. The van der Waals surface area contributed by atoms with E-state index < -0.39 is 12.0 Å². The van der Waals surface area contributed by atoms with Crippen molar-refractivity contribution in [1.82, 2.24) is 5.32 Å². The fourth-order valence-corrected chi connectivity index (χ4v) is 3.78. The van der Waals surface area contributed by atoms with Gasteiger partial charge in [0.1, 0.15) is 0 Å². The molecule has 1 aliphatic heterocycles. The zero-order chi connectivity index (χ0) is 20.9. The van der Waals surface area contributed by atoms with Crippen molar-refractivity contribution in [2.45, 2.75) is 38.2 Å². The molecule has 1 atom stereocenters. The van der Waals surface area contributed by atoms with Crippen LogP contribution in [0.15, 0.2) is 70.5 Å². The van der Waals surface area contributed by atoms with Gasteiger partial charge in [-0.25, -0.2) is 4.99 Å². The Balaban J connectivity index is 1.40. The Morgan fingerprint density at radius 2 is 2.10 bits per heavy atom. The quantitative estimate of drug-likeness (QED) is 0.559. The fourth-order valence-electron chi connectivity index (χ4n) is 3.65. The minimum atomic E-state index is -0.481. The summed E-state index contributed by atoms with van der Waals surface area (Å²) in [6.45, 7) is 0.606. The second-order valence-corrected chi connectivity index (χ2v) is 7.95. The van der Waals surface area contributed by atoms with Crippen molar-refractivity contribution >= 4 is 35.2 Å². The molecule has 0 fully saturated rings. The molecule has 154 valence electrons. The van der Waals surface area contributed by atoms with Gasteiger partial charge in [0.25, 0.3) is 5.91 Å². The van der Waals surface area contributed by atoms with Gasteiger partial charge in [0.15, 0.2) is 11.9 Å². The molecule has 1 unspecified atom stereocenters. The third-order valence-electron chi connectivity index (χ3n) is 5.29. The molecule has 0 saturated carbocycles. The number of allylic oxidation sites excluding steroid dienone is 1. The molecule has 1 aromatic rings. The maximum Gasteiger partial charge on any atom is 0.312 e. The van der Waals surface area contributed by atoms with Crippen molar-refractivity contribution < 1.29 is 14.3 Å². The van der Waals surface area contributed by atoms with Gasteiger partial charge in [-0.15, -0.1) is 0 Å².